The second-order valence-corrected chi connectivity index (χ2v) is 5.13. The van der Waals surface area contributed by atoms with Crippen molar-refractivity contribution in [2.24, 2.45) is 0 Å². The normalized spacial score (nSPS) is 10.7. The average Bonchev–Trinajstić information content (AvgIpc) is 2.91. The summed E-state index contributed by atoms with van der Waals surface area (Å²) in [7, 11) is 0. The Hall–Kier alpha value is -2.21. The SMILES string of the molecule is Oc1ccc(Cc2nc(-c3ccc(Br)cn3)no2)cc1. The largest absolute Gasteiger partial charge is 0.508 e. The van der Waals surface area contributed by atoms with Gasteiger partial charge < -0.3 is 9.63 Å². The number of aromatic hydroxyl groups is 1. The van der Waals surface area contributed by atoms with E-state index in [0.717, 1.165) is 10.0 Å². The van der Waals surface area contributed by atoms with E-state index >= 15 is 0 Å². The maximum absolute atomic E-state index is 9.23. The van der Waals surface area contributed by atoms with Gasteiger partial charge in [0.05, 0.1) is 6.42 Å². The summed E-state index contributed by atoms with van der Waals surface area (Å²) in [6.07, 6.45) is 2.20. The minimum absolute atomic E-state index is 0.235. The van der Waals surface area contributed by atoms with Crippen molar-refractivity contribution in [3.05, 3.63) is 58.5 Å². The number of aromatic nitrogens is 3. The summed E-state index contributed by atoms with van der Waals surface area (Å²) in [6.45, 7) is 0. The first-order chi connectivity index (χ1) is 9.70. The molecule has 0 unspecified atom stereocenters. The van der Waals surface area contributed by atoms with Gasteiger partial charge >= 0.3 is 0 Å². The molecule has 0 bridgehead atoms. The summed E-state index contributed by atoms with van der Waals surface area (Å²) in [5.74, 6) is 1.21. The van der Waals surface area contributed by atoms with Gasteiger partial charge in [-0.25, -0.2) is 0 Å². The van der Waals surface area contributed by atoms with Crippen LogP contribution in [0.25, 0.3) is 11.5 Å². The van der Waals surface area contributed by atoms with Crippen LogP contribution in [0.1, 0.15) is 11.5 Å². The lowest BCUT2D eigenvalue weighted by Gasteiger charge is -1.96. The highest BCUT2D eigenvalue weighted by Gasteiger charge is 2.10. The molecule has 2 heterocycles. The molecule has 0 aliphatic carbocycles. The predicted molar refractivity (Wildman–Crippen MR) is 76.1 cm³/mol. The third-order valence-corrected chi connectivity index (χ3v) is 3.19. The van der Waals surface area contributed by atoms with Crippen LogP contribution in [-0.4, -0.2) is 20.2 Å². The van der Waals surface area contributed by atoms with Crippen LogP contribution < -0.4 is 0 Å². The Kier molecular flexibility index (Phi) is 3.47. The molecule has 0 fully saturated rings. The Labute approximate surface area is 123 Å². The molecule has 3 rings (SSSR count). The highest BCUT2D eigenvalue weighted by molar-refractivity contribution is 9.10. The Morgan fingerprint density at radius 2 is 1.90 bits per heavy atom. The summed E-state index contributed by atoms with van der Waals surface area (Å²) in [5.41, 5.74) is 1.65. The molecule has 100 valence electrons. The lowest BCUT2D eigenvalue weighted by molar-refractivity contribution is 0.385. The van der Waals surface area contributed by atoms with Gasteiger partial charge in [0.1, 0.15) is 11.4 Å². The standard InChI is InChI=1S/C14H10BrN3O2/c15-10-3-6-12(16-8-10)14-17-13(20-18-14)7-9-1-4-11(19)5-2-9/h1-6,8,19H,7H2. The lowest BCUT2D eigenvalue weighted by atomic mass is 10.1. The molecule has 0 saturated heterocycles. The maximum atomic E-state index is 9.23. The third kappa shape index (κ3) is 2.85. The number of phenolic OH excluding ortho intramolecular Hbond substituents is 1. The zero-order chi connectivity index (χ0) is 13.9. The van der Waals surface area contributed by atoms with Gasteiger partial charge in [-0.05, 0) is 45.8 Å². The third-order valence-electron chi connectivity index (χ3n) is 2.72. The second-order valence-electron chi connectivity index (χ2n) is 4.22. The smallest absolute Gasteiger partial charge is 0.231 e. The molecule has 0 saturated carbocycles. The van der Waals surface area contributed by atoms with Crippen LogP contribution in [0, 0.1) is 0 Å². The van der Waals surface area contributed by atoms with Crippen LogP contribution in [0.5, 0.6) is 5.75 Å². The number of hydrogen-bond acceptors (Lipinski definition) is 5. The molecule has 5 nitrogen and oxygen atoms in total. The van der Waals surface area contributed by atoms with Crippen LogP contribution in [0.15, 0.2) is 51.6 Å². The Bertz CT molecular complexity index is 708. The van der Waals surface area contributed by atoms with Gasteiger partial charge in [-0.2, -0.15) is 4.98 Å². The summed E-state index contributed by atoms with van der Waals surface area (Å²) in [6, 6.07) is 10.6. The van der Waals surface area contributed by atoms with Crippen molar-refractivity contribution in [2.45, 2.75) is 6.42 Å². The van der Waals surface area contributed by atoms with Gasteiger partial charge in [0.25, 0.3) is 0 Å². The van der Waals surface area contributed by atoms with Crippen molar-refractivity contribution in [3.63, 3.8) is 0 Å². The van der Waals surface area contributed by atoms with Crippen LogP contribution in [-0.2, 0) is 6.42 Å². The molecule has 1 N–H and O–H groups in total. The summed E-state index contributed by atoms with van der Waals surface area (Å²) >= 11 is 3.33. The number of benzene rings is 1. The molecule has 0 atom stereocenters. The minimum atomic E-state index is 0.235. The summed E-state index contributed by atoms with van der Waals surface area (Å²) in [5, 5.41) is 13.2. The molecular weight excluding hydrogens is 322 g/mol. The fourth-order valence-electron chi connectivity index (χ4n) is 1.73. The van der Waals surface area contributed by atoms with Crippen molar-refractivity contribution < 1.29 is 9.63 Å². The van der Waals surface area contributed by atoms with E-state index in [2.05, 4.69) is 31.1 Å². The first kappa shape index (κ1) is 12.8. The van der Waals surface area contributed by atoms with Crippen LogP contribution >= 0.6 is 15.9 Å². The van der Waals surface area contributed by atoms with Gasteiger partial charge in [-0.15, -0.1) is 0 Å². The van der Waals surface area contributed by atoms with Crippen LogP contribution in [0.3, 0.4) is 0 Å². The van der Waals surface area contributed by atoms with Crippen molar-refractivity contribution in [3.8, 4) is 17.3 Å². The van der Waals surface area contributed by atoms with E-state index in [-0.39, 0.29) is 5.75 Å². The monoisotopic (exact) mass is 331 g/mol. The van der Waals surface area contributed by atoms with E-state index in [4.69, 9.17) is 4.52 Å². The Morgan fingerprint density at radius 1 is 1.10 bits per heavy atom. The van der Waals surface area contributed by atoms with Crippen molar-refractivity contribution in [2.75, 3.05) is 0 Å². The lowest BCUT2D eigenvalue weighted by Crippen LogP contribution is -1.89. The maximum Gasteiger partial charge on any atom is 0.231 e. The molecule has 0 radical (unpaired) electrons. The van der Waals surface area contributed by atoms with Gasteiger partial charge in [0.2, 0.25) is 11.7 Å². The van der Waals surface area contributed by atoms with E-state index in [1.807, 2.05) is 24.3 Å². The number of hydrogen-bond donors (Lipinski definition) is 1. The van der Waals surface area contributed by atoms with Crippen molar-refractivity contribution >= 4 is 15.9 Å². The minimum Gasteiger partial charge on any atom is -0.508 e. The molecule has 6 heteroatoms. The van der Waals surface area contributed by atoms with Gasteiger partial charge in [-0.3, -0.25) is 4.98 Å². The predicted octanol–water partition coefficient (Wildman–Crippen LogP) is 3.19. The average molecular weight is 332 g/mol. The number of rotatable bonds is 3. The van der Waals surface area contributed by atoms with E-state index in [1.54, 1.807) is 18.3 Å². The van der Waals surface area contributed by atoms with E-state index in [9.17, 15) is 5.11 Å². The van der Waals surface area contributed by atoms with E-state index in [0.29, 0.717) is 23.8 Å². The summed E-state index contributed by atoms with van der Waals surface area (Å²) < 4.78 is 6.11. The van der Waals surface area contributed by atoms with E-state index < -0.39 is 0 Å². The first-order valence-corrected chi connectivity index (χ1v) is 6.72. The number of nitrogens with zero attached hydrogens (tertiary/aromatic N) is 3. The highest BCUT2D eigenvalue weighted by atomic mass is 79.9. The highest BCUT2D eigenvalue weighted by Crippen LogP contribution is 2.18. The molecule has 0 spiro atoms. The zero-order valence-electron chi connectivity index (χ0n) is 10.3. The Morgan fingerprint density at radius 3 is 2.60 bits per heavy atom. The fourth-order valence-corrected chi connectivity index (χ4v) is 1.96. The topological polar surface area (TPSA) is 72.0 Å². The molecule has 0 aliphatic rings. The van der Waals surface area contributed by atoms with E-state index in [1.165, 1.54) is 0 Å². The van der Waals surface area contributed by atoms with Gasteiger partial charge in [0, 0.05) is 10.7 Å². The fraction of sp³-hybridized carbons (Fsp3) is 0.0714. The number of phenols is 1. The van der Waals surface area contributed by atoms with Gasteiger partial charge in [0.15, 0.2) is 0 Å². The number of halogens is 1. The van der Waals surface area contributed by atoms with Crippen molar-refractivity contribution in [1.82, 2.24) is 15.1 Å². The molecular formula is C14H10BrN3O2. The zero-order valence-corrected chi connectivity index (χ0v) is 11.9. The van der Waals surface area contributed by atoms with Crippen LogP contribution in [0.2, 0.25) is 0 Å². The molecule has 0 amide bonds. The molecule has 0 aliphatic heterocycles. The number of pyridine rings is 1. The first-order valence-electron chi connectivity index (χ1n) is 5.93. The Balaban J connectivity index is 1.80. The molecule has 3 aromatic rings. The molecule has 2 aromatic heterocycles. The quantitative estimate of drug-likeness (QED) is 0.797. The van der Waals surface area contributed by atoms with Crippen molar-refractivity contribution in [1.29, 1.82) is 0 Å². The molecule has 20 heavy (non-hydrogen) atoms. The second kappa shape index (κ2) is 5.42. The van der Waals surface area contributed by atoms with Crippen LogP contribution in [0.4, 0.5) is 0 Å². The molecule has 1 aromatic carbocycles. The van der Waals surface area contributed by atoms with Gasteiger partial charge in [-0.1, -0.05) is 17.3 Å². The summed E-state index contributed by atoms with van der Waals surface area (Å²) in [4.78, 5) is 8.53.